The van der Waals surface area contributed by atoms with Gasteiger partial charge in [0, 0.05) is 32.2 Å². The van der Waals surface area contributed by atoms with Crippen LogP contribution < -0.4 is 9.62 Å². The van der Waals surface area contributed by atoms with E-state index in [1.54, 1.807) is 30.3 Å². The average Bonchev–Trinajstić information content (AvgIpc) is 3.27. The van der Waals surface area contributed by atoms with Crippen LogP contribution in [0.25, 0.3) is 16.9 Å². The quantitative estimate of drug-likeness (QED) is 0.523. The molecule has 0 saturated carbocycles. The van der Waals surface area contributed by atoms with E-state index in [0.29, 0.717) is 36.7 Å². The fraction of sp³-hybridized carbons (Fsp3) is 0.333. The van der Waals surface area contributed by atoms with Gasteiger partial charge in [-0.3, -0.25) is 14.0 Å². The van der Waals surface area contributed by atoms with Gasteiger partial charge >= 0.3 is 0 Å². The van der Waals surface area contributed by atoms with Crippen molar-refractivity contribution in [2.24, 2.45) is 0 Å². The van der Waals surface area contributed by atoms with Gasteiger partial charge in [0.15, 0.2) is 5.69 Å². The normalized spacial score (nSPS) is 17.0. The molecular weight excluding hydrogens is 473 g/mol. The van der Waals surface area contributed by atoms with E-state index in [1.165, 1.54) is 29.9 Å². The summed E-state index contributed by atoms with van der Waals surface area (Å²) in [5.41, 5.74) is 1.34. The molecule has 35 heavy (non-hydrogen) atoms. The summed E-state index contributed by atoms with van der Waals surface area (Å²) < 4.78 is 48.5. The van der Waals surface area contributed by atoms with Crippen LogP contribution >= 0.6 is 0 Å². The monoisotopic (exact) mass is 499 g/mol. The number of sulfonamides is 1. The highest BCUT2D eigenvalue weighted by molar-refractivity contribution is 7.93. The van der Waals surface area contributed by atoms with Crippen LogP contribution in [0.3, 0.4) is 0 Å². The highest BCUT2D eigenvalue weighted by Gasteiger charge is 2.39. The SMILES string of the molecule is CN1c2c(C(=O)NCCCN3CCOCC3)nn(-c3cccc(F)c3)c2-c2ccccc2S1(=O)=O. The Morgan fingerprint density at radius 2 is 1.91 bits per heavy atom. The minimum Gasteiger partial charge on any atom is -0.379 e. The van der Waals surface area contributed by atoms with E-state index in [-0.39, 0.29) is 16.3 Å². The molecule has 11 heteroatoms. The number of benzene rings is 2. The maximum atomic E-state index is 14.1. The zero-order chi connectivity index (χ0) is 24.6. The number of aromatic nitrogens is 2. The lowest BCUT2D eigenvalue weighted by Gasteiger charge is -2.27. The second-order valence-electron chi connectivity index (χ2n) is 8.47. The first-order chi connectivity index (χ1) is 16.9. The standard InChI is InChI=1S/C24H26FN5O4S/c1-28-23-21(24(31)26-10-5-11-29-12-14-34-15-13-29)27-30(18-7-4-6-17(25)16-18)22(23)19-8-2-3-9-20(19)35(28,32)33/h2-4,6-9,16H,5,10-15H2,1H3,(H,26,31). The number of ether oxygens (including phenoxy) is 1. The van der Waals surface area contributed by atoms with Crippen LogP contribution in [0.2, 0.25) is 0 Å². The number of fused-ring (bicyclic) bond motifs is 3. The lowest BCUT2D eigenvalue weighted by molar-refractivity contribution is 0.0374. The van der Waals surface area contributed by atoms with Gasteiger partial charge in [-0.25, -0.2) is 17.5 Å². The number of amides is 1. The number of nitrogens with one attached hydrogen (secondary N) is 1. The summed E-state index contributed by atoms with van der Waals surface area (Å²) >= 11 is 0. The van der Waals surface area contributed by atoms with Crippen molar-refractivity contribution in [3.8, 4) is 16.9 Å². The summed E-state index contributed by atoms with van der Waals surface area (Å²) in [6.07, 6.45) is 0.732. The Kier molecular flexibility index (Phi) is 6.30. The van der Waals surface area contributed by atoms with Gasteiger partial charge in [-0.2, -0.15) is 5.10 Å². The highest BCUT2D eigenvalue weighted by atomic mass is 32.2. The molecule has 184 valence electrons. The van der Waals surface area contributed by atoms with E-state index in [9.17, 15) is 17.6 Å². The van der Waals surface area contributed by atoms with Crippen molar-refractivity contribution in [1.29, 1.82) is 0 Å². The molecule has 5 rings (SSSR count). The molecule has 0 aliphatic carbocycles. The van der Waals surface area contributed by atoms with Crippen LogP contribution in [0.1, 0.15) is 16.9 Å². The molecule has 0 bridgehead atoms. The minimum absolute atomic E-state index is 0.0313. The second kappa shape index (κ2) is 9.40. The third-order valence-electron chi connectivity index (χ3n) is 6.26. The zero-order valence-corrected chi connectivity index (χ0v) is 20.1. The van der Waals surface area contributed by atoms with E-state index in [4.69, 9.17) is 4.74 Å². The summed E-state index contributed by atoms with van der Waals surface area (Å²) in [4.78, 5) is 15.6. The summed E-state index contributed by atoms with van der Waals surface area (Å²) in [5, 5.41) is 7.36. The number of halogens is 1. The van der Waals surface area contributed by atoms with Crippen molar-refractivity contribution >= 4 is 21.6 Å². The largest absolute Gasteiger partial charge is 0.379 e. The molecule has 0 radical (unpaired) electrons. The zero-order valence-electron chi connectivity index (χ0n) is 19.3. The fourth-order valence-electron chi connectivity index (χ4n) is 4.47. The van der Waals surface area contributed by atoms with Crippen LogP contribution in [0.15, 0.2) is 53.4 Å². The summed E-state index contributed by atoms with van der Waals surface area (Å²) in [7, 11) is -2.50. The number of carbonyl (C=O) groups excluding carboxylic acids is 1. The molecule has 1 saturated heterocycles. The first-order valence-corrected chi connectivity index (χ1v) is 12.9. The summed E-state index contributed by atoms with van der Waals surface area (Å²) in [6, 6.07) is 12.3. The number of rotatable bonds is 6. The molecule has 3 heterocycles. The lowest BCUT2D eigenvalue weighted by Crippen LogP contribution is -2.38. The molecule has 1 amide bonds. The van der Waals surface area contributed by atoms with Gasteiger partial charge in [-0.05, 0) is 37.2 Å². The molecule has 2 aliphatic rings. The van der Waals surface area contributed by atoms with E-state index >= 15 is 0 Å². The molecule has 9 nitrogen and oxygen atoms in total. The Balaban J connectivity index is 1.51. The first kappa shape index (κ1) is 23.5. The molecular formula is C24H26FN5O4S. The number of hydrogen-bond donors (Lipinski definition) is 1. The second-order valence-corrected chi connectivity index (χ2v) is 10.4. The van der Waals surface area contributed by atoms with Gasteiger partial charge in [0.05, 0.1) is 23.8 Å². The predicted molar refractivity (Wildman–Crippen MR) is 129 cm³/mol. The van der Waals surface area contributed by atoms with Crippen molar-refractivity contribution in [2.45, 2.75) is 11.3 Å². The van der Waals surface area contributed by atoms with Crippen molar-refractivity contribution in [2.75, 3.05) is 50.7 Å². The van der Waals surface area contributed by atoms with Crippen molar-refractivity contribution in [1.82, 2.24) is 20.0 Å². The van der Waals surface area contributed by atoms with Crippen molar-refractivity contribution in [3.05, 3.63) is 60.0 Å². The molecule has 1 N–H and O–H groups in total. The first-order valence-electron chi connectivity index (χ1n) is 11.4. The minimum atomic E-state index is -3.90. The molecule has 1 fully saturated rings. The Hall–Kier alpha value is -3.28. The topological polar surface area (TPSA) is 96.8 Å². The van der Waals surface area contributed by atoms with Crippen LogP contribution in [-0.4, -0.2) is 75.4 Å². The van der Waals surface area contributed by atoms with Gasteiger partial charge in [0.1, 0.15) is 17.2 Å². The average molecular weight is 500 g/mol. The van der Waals surface area contributed by atoms with Gasteiger partial charge in [-0.15, -0.1) is 0 Å². The van der Waals surface area contributed by atoms with Crippen LogP contribution in [0.5, 0.6) is 0 Å². The van der Waals surface area contributed by atoms with Gasteiger partial charge in [-0.1, -0.05) is 24.3 Å². The molecule has 1 aromatic heterocycles. The maximum Gasteiger partial charge on any atom is 0.274 e. The van der Waals surface area contributed by atoms with E-state index in [0.717, 1.165) is 30.4 Å². The summed E-state index contributed by atoms with van der Waals surface area (Å²) in [5.74, 6) is -0.953. The maximum absolute atomic E-state index is 14.1. The van der Waals surface area contributed by atoms with Crippen LogP contribution in [-0.2, 0) is 14.8 Å². The Morgan fingerprint density at radius 1 is 1.14 bits per heavy atom. The molecule has 0 unspecified atom stereocenters. The fourth-order valence-corrected chi connectivity index (χ4v) is 5.87. The molecule has 0 atom stereocenters. The smallest absolute Gasteiger partial charge is 0.274 e. The Morgan fingerprint density at radius 3 is 2.69 bits per heavy atom. The van der Waals surface area contributed by atoms with Crippen molar-refractivity contribution < 1.29 is 22.3 Å². The van der Waals surface area contributed by atoms with Crippen LogP contribution in [0.4, 0.5) is 10.1 Å². The third kappa shape index (κ3) is 4.30. The molecule has 3 aromatic rings. The van der Waals surface area contributed by atoms with E-state index in [2.05, 4.69) is 15.3 Å². The molecule has 2 aliphatic heterocycles. The Bertz CT molecular complexity index is 1370. The summed E-state index contributed by atoms with van der Waals surface area (Å²) in [6.45, 7) is 4.37. The van der Waals surface area contributed by atoms with Crippen LogP contribution in [0, 0.1) is 5.82 Å². The number of anilines is 1. The number of nitrogens with zero attached hydrogens (tertiary/aromatic N) is 4. The van der Waals surface area contributed by atoms with E-state index in [1.807, 2.05) is 0 Å². The molecule has 2 aromatic carbocycles. The number of carbonyl (C=O) groups is 1. The highest BCUT2D eigenvalue weighted by Crippen LogP contribution is 2.45. The number of morpholine rings is 1. The van der Waals surface area contributed by atoms with Gasteiger partial charge in [0.2, 0.25) is 0 Å². The molecule has 0 spiro atoms. The third-order valence-corrected chi connectivity index (χ3v) is 8.08. The number of hydrogen-bond acceptors (Lipinski definition) is 6. The van der Waals surface area contributed by atoms with E-state index < -0.39 is 21.7 Å². The Labute approximate surface area is 203 Å². The predicted octanol–water partition coefficient (Wildman–Crippen LogP) is 2.27. The van der Waals surface area contributed by atoms with Gasteiger partial charge < -0.3 is 10.1 Å². The van der Waals surface area contributed by atoms with Gasteiger partial charge in [0.25, 0.3) is 15.9 Å². The lowest BCUT2D eigenvalue weighted by atomic mass is 10.1. The van der Waals surface area contributed by atoms with Crippen molar-refractivity contribution in [3.63, 3.8) is 0 Å².